The van der Waals surface area contributed by atoms with Crippen LogP contribution in [0.1, 0.15) is 12.8 Å². The monoisotopic (exact) mass is 335 g/mol. The van der Waals surface area contributed by atoms with E-state index in [0.29, 0.717) is 19.6 Å². The van der Waals surface area contributed by atoms with Gasteiger partial charge >= 0.3 is 0 Å². The Morgan fingerprint density at radius 3 is 2.72 bits per heavy atom. The second-order valence-corrected chi connectivity index (χ2v) is 6.39. The third kappa shape index (κ3) is 3.09. The Bertz CT molecular complexity index is 916. The van der Waals surface area contributed by atoms with Gasteiger partial charge in [-0.15, -0.1) is 0 Å². The Morgan fingerprint density at radius 2 is 2.00 bits per heavy atom. The largest absolute Gasteiger partial charge is 0.491 e. The van der Waals surface area contributed by atoms with Gasteiger partial charge in [0, 0.05) is 37.2 Å². The van der Waals surface area contributed by atoms with Gasteiger partial charge in [-0.05, 0) is 29.5 Å². The van der Waals surface area contributed by atoms with Crippen molar-refractivity contribution in [2.45, 2.75) is 12.8 Å². The fourth-order valence-corrected chi connectivity index (χ4v) is 3.42. The van der Waals surface area contributed by atoms with Crippen molar-refractivity contribution in [1.82, 2.24) is 14.7 Å². The van der Waals surface area contributed by atoms with E-state index in [0.717, 1.165) is 40.6 Å². The van der Waals surface area contributed by atoms with Gasteiger partial charge in [0.15, 0.2) is 0 Å². The maximum Gasteiger partial charge on any atom is 0.222 e. The lowest BCUT2D eigenvalue weighted by Crippen LogP contribution is -2.29. The fraction of sp³-hybridized carbons (Fsp3) is 0.300. The number of ether oxygens (including phenoxy) is 1. The quantitative estimate of drug-likeness (QED) is 0.719. The average molecular weight is 335 g/mol. The van der Waals surface area contributed by atoms with E-state index < -0.39 is 0 Å². The minimum Gasteiger partial charge on any atom is -0.491 e. The van der Waals surface area contributed by atoms with E-state index in [2.05, 4.69) is 23.3 Å². The van der Waals surface area contributed by atoms with Crippen LogP contribution >= 0.6 is 0 Å². The molecule has 0 bridgehead atoms. The number of fused-ring (bicyclic) bond motifs is 1. The highest BCUT2D eigenvalue weighted by Crippen LogP contribution is 2.34. The summed E-state index contributed by atoms with van der Waals surface area (Å²) in [6.07, 6.45) is 5.52. The number of aromatic nitrogens is 2. The van der Waals surface area contributed by atoms with Gasteiger partial charge in [0.25, 0.3) is 0 Å². The van der Waals surface area contributed by atoms with Crippen LogP contribution in [-0.4, -0.2) is 40.3 Å². The molecule has 1 aliphatic heterocycles. The molecule has 0 unspecified atom stereocenters. The Balaban J connectivity index is 1.59. The number of hydrogen-bond acceptors (Lipinski definition) is 3. The van der Waals surface area contributed by atoms with Crippen LogP contribution in [0.4, 0.5) is 0 Å². The van der Waals surface area contributed by atoms with E-state index in [4.69, 9.17) is 4.74 Å². The summed E-state index contributed by atoms with van der Waals surface area (Å²) in [7, 11) is 1.92. The molecule has 3 aromatic rings. The predicted octanol–water partition coefficient (Wildman–Crippen LogP) is 3.24. The number of hydrogen-bond donors (Lipinski definition) is 0. The summed E-state index contributed by atoms with van der Waals surface area (Å²) in [6, 6.07) is 12.3. The van der Waals surface area contributed by atoms with E-state index in [9.17, 15) is 4.79 Å². The molecule has 25 heavy (non-hydrogen) atoms. The van der Waals surface area contributed by atoms with Crippen LogP contribution < -0.4 is 4.74 Å². The van der Waals surface area contributed by atoms with Crippen LogP contribution in [0.3, 0.4) is 0 Å². The van der Waals surface area contributed by atoms with Crippen molar-refractivity contribution < 1.29 is 9.53 Å². The van der Waals surface area contributed by atoms with Gasteiger partial charge in [0.05, 0.1) is 12.7 Å². The topological polar surface area (TPSA) is 47.4 Å². The van der Waals surface area contributed by atoms with Crippen molar-refractivity contribution in [3.05, 3.63) is 48.8 Å². The Morgan fingerprint density at radius 1 is 1.16 bits per heavy atom. The lowest BCUT2D eigenvalue weighted by molar-refractivity contribution is -0.128. The van der Waals surface area contributed by atoms with Crippen molar-refractivity contribution in [3.63, 3.8) is 0 Å². The normalized spacial score (nSPS) is 14.4. The van der Waals surface area contributed by atoms with Gasteiger partial charge in [0.2, 0.25) is 5.91 Å². The molecule has 0 spiro atoms. The number of likely N-dealkylation sites (tertiary alicyclic amines) is 1. The van der Waals surface area contributed by atoms with Crippen molar-refractivity contribution in [3.8, 4) is 16.9 Å². The smallest absolute Gasteiger partial charge is 0.222 e. The Hall–Kier alpha value is -2.82. The summed E-state index contributed by atoms with van der Waals surface area (Å²) >= 11 is 0. The average Bonchev–Trinajstić information content (AvgIpc) is 3.23. The number of nitrogens with zero attached hydrogens (tertiary/aromatic N) is 3. The van der Waals surface area contributed by atoms with Crippen LogP contribution in [0.2, 0.25) is 0 Å². The van der Waals surface area contributed by atoms with E-state index in [1.165, 1.54) is 0 Å². The Kier molecular flexibility index (Phi) is 4.14. The maximum absolute atomic E-state index is 11.7. The highest BCUT2D eigenvalue weighted by molar-refractivity contribution is 5.99. The molecule has 1 fully saturated rings. The first-order valence-corrected chi connectivity index (χ1v) is 8.64. The molecule has 0 atom stereocenters. The summed E-state index contributed by atoms with van der Waals surface area (Å²) in [6.45, 7) is 2.02. The molecule has 1 aromatic heterocycles. The molecule has 5 nitrogen and oxygen atoms in total. The molecule has 1 aliphatic rings. The molecule has 2 aromatic carbocycles. The van der Waals surface area contributed by atoms with E-state index >= 15 is 0 Å². The lowest BCUT2D eigenvalue weighted by Gasteiger charge is -2.17. The van der Waals surface area contributed by atoms with Gasteiger partial charge in [-0.2, -0.15) is 5.10 Å². The van der Waals surface area contributed by atoms with Crippen molar-refractivity contribution in [2.75, 3.05) is 19.7 Å². The zero-order valence-electron chi connectivity index (χ0n) is 14.3. The first kappa shape index (κ1) is 15.7. The number of rotatable bonds is 5. The van der Waals surface area contributed by atoms with Gasteiger partial charge in [-0.1, -0.05) is 24.3 Å². The first-order valence-electron chi connectivity index (χ1n) is 8.64. The maximum atomic E-state index is 11.7. The third-order valence-corrected chi connectivity index (χ3v) is 4.69. The van der Waals surface area contributed by atoms with Crippen LogP contribution in [0.15, 0.2) is 48.8 Å². The first-order chi connectivity index (χ1) is 12.2. The number of aryl methyl sites for hydroxylation is 1. The summed E-state index contributed by atoms with van der Waals surface area (Å²) in [5, 5.41) is 6.49. The van der Waals surface area contributed by atoms with E-state index in [-0.39, 0.29) is 5.91 Å². The molecule has 1 amide bonds. The molecule has 0 aliphatic carbocycles. The molecular formula is C20H21N3O2. The van der Waals surface area contributed by atoms with Gasteiger partial charge in [-0.25, -0.2) is 0 Å². The molecule has 4 rings (SSSR count). The summed E-state index contributed by atoms with van der Waals surface area (Å²) in [5.74, 6) is 1.09. The SMILES string of the molecule is Cn1cc(-c2ccc(OCCN3CCCC3=O)c3ccccc23)cn1. The van der Waals surface area contributed by atoms with Crippen molar-refractivity contribution in [2.24, 2.45) is 7.05 Å². The van der Waals surface area contributed by atoms with E-state index in [1.807, 2.05) is 47.2 Å². The van der Waals surface area contributed by atoms with Gasteiger partial charge in [-0.3, -0.25) is 9.48 Å². The number of amides is 1. The lowest BCUT2D eigenvalue weighted by atomic mass is 10.00. The third-order valence-electron chi connectivity index (χ3n) is 4.69. The summed E-state index contributed by atoms with van der Waals surface area (Å²) in [4.78, 5) is 13.6. The zero-order valence-corrected chi connectivity index (χ0v) is 14.3. The fourth-order valence-electron chi connectivity index (χ4n) is 3.42. The molecule has 2 heterocycles. The number of benzene rings is 2. The molecule has 0 N–H and O–H groups in total. The molecule has 0 saturated carbocycles. The Labute approximate surface area is 146 Å². The molecule has 0 radical (unpaired) electrons. The highest BCUT2D eigenvalue weighted by atomic mass is 16.5. The second-order valence-electron chi connectivity index (χ2n) is 6.39. The summed E-state index contributed by atoms with van der Waals surface area (Å²) < 4.78 is 7.82. The van der Waals surface area contributed by atoms with Crippen LogP contribution in [0, 0.1) is 0 Å². The van der Waals surface area contributed by atoms with Crippen molar-refractivity contribution in [1.29, 1.82) is 0 Å². The minimum absolute atomic E-state index is 0.236. The van der Waals surface area contributed by atoms with Crippen LogP contribution in [0.25, 0.3) is 21.9 Å². The van der Waals surface area contributed by atoms with Crippen LogP contribution in [0.5, 0.6) is 5.75 Å². The molecule has 128 valence electrons. The van der Waals surface area contributed by atoms with Gasteiger partial charge in [0.1, 0.15) is 12.4 Å². The van der Waals surface area contributed by atoms with Gasteiger partial charge < -0.3 is 9.64 Å². The highest BCUT2D eigenvalue weighted by Gasteiger charge is 2.19. The molecule has 5 heteroatoms. The zero-order chi connectivity index (χ0) is 17.2. The predicted molar refractivity (Wildman–Crippen MR) is 97.5 cm³/mol. The standard InChI is InChI=1S/C20H21N3O2/c1-22-14-15(13-21-22)16-8-9-19(18-6-3-2-5-17(16)18)25-12-11-23-10-4-7-20(23)24/h2-3,5-6,8-9,13-14H,4,7,10-12H2,1H3. The number of carbonyl (C=O) groups excluding carboxylic acids is 1. The summed E-state index contributed by atoms with van der Waals surface area (Å²) in [5.41, 5.74) is 2.23. The second kappa shape index (κ2) is 6.59. The molecular weight excluding hydrogens is 314 g/mol. The van der Waals surface area contributed by atoms with Crippen LogP contribution in [-0.2, 0) is 11.8 Å². The van der Waals surface area contributed by atoms with E-state index in [1.54, 1.807) is 0 Å². The minimum atomic E-state index is 0.236. The van der Waals surface area contributed by atoms with Crippen molar-refractivity contribution >= 4 is 16.7 Å². The molecule has 1 saturated heterocycles. The number of carbonyl (C=O) groups is 1.